The van der Waals surface area contributed by atoms with Gasteiger partial charge in [-0.3, -0.25) is 0 Å². The summed E-state index contributed by atoms with van der Waals surface area (Å²) in [6, 6.07) is 58.4. The quantitative estimate of drug-likeness (QED) is 0.186. The summed E-state index contributed by atoms with van der Waals surface area (Å²) >= 11 is 0. The Labute approximate surface area is 255 Å². The van der Waals surface area contributed by atoms with E-state index in [4.69, 9.17) is 0 Å². The molecule has 0 aromatic heterocycles. The van der Waals surface area contributed by atoms with Gasteiger partial charge in [0.05, 0.1) is 0 Å². The molecule has 44 heavy (non-hydrogen) atoms. The molecule has 0 radical (unpaired) electrons. The first-order valence-corrected chi connectivity index (χ1v) is 15.4. The molecule has 0 saturated carbocycles. The summed E-state index contributed by atoms with van der Waals surface area (Å²) in [6.07, 6.45) is 0. The van der Waals surface area contributed by atoms with E-state index in [9.17, 15) is 0 Å². The zero-order valence-corrected chi connectivity index (χ0v) is 24.0. The minimum absolute atomic E-state index is 1.26. The molecule has 2 aliphatic carbocycles. The van der Waals surface area contributed by atoms with Crippen LogP contribution in [-0.4, -0.2) is 0 Å². The molecule has 0 aliphatic heterocycles. The summed E-state index contributed by atoms with van der Waals surface area (Å²) in [5, 5.41) is 10.3. The maximum absolute atomic E-state index is 2.40. The van der Waals surface area contributed by atoms with Crippen LogP contribution >= 0.6 is 0 Å². The Morgan fingerprint density at radius 3 is 1.45 bits per heavy atom. The van der Waals surface area contributed by atoms with Crippen LogP contribution in [0.25, 0.3) is 65.4 Å². The third kappa shape index (κ3) is 3.17. The van der Waals surface area contributed by atoms with E-state index in [1.165, 1.54) is 98.8 Å². The standard InChI is InChI=1S/C44H26/c1-2-13-29(14-3-1)39-40-33-18-8-6-11-27(33)21-23-36(40)44-42(41-34-19-9-7-12-28(34)22-24-37(41)43(39)44)35-20-10-17-32-25-30-15-4-5-16-31(30)26-38(32)35/h1-26H. The molecule has 10 rings (SSSR count). The number of benzene rings is 8. The van der Waals surface area contributed by atoms with Crippen molar-refractivity contribution in [3.63, 3.8) is 0 Å². The Hall–Kier alpha value is -5.72. The lowest BCUT2D eigenvalue weighted by Crippen LogP contribution is -1.95. The zero-order chi connectivity index (χ0) is 28.8. The smallest absolute Gasteiger partial charge is 0.000696 e. The van der Waals surface area contributed by atoms with E-state index in [1.54, 1.807) is 0 Å². The molecule has 0 unspecified atom stereocenters. The summed E-state index contributed by atoms with van der Waals surface area (Å²) < 4.78 is 0. The van der Waals surface area contributed by atoms with Crippen molar-refractivity contribution in [2.24, 2.45) is 0 Å². The number of rotatable bonds is 2. The average molecular weight is 555 g/mol. The molecule has 0 N–H and O–H groups in total. The van der Waals surface area contributed by atoms with Crippen molar-refractivity contribution in [1.82, 2.24) is 0 Å². The Morgan fingerprint density at radius 1 is 0.250 bits per heavy atom. The van der Waals surface area contributed by atoms with Gasteiger partial charge in [-0.1, -0.05) is 146 Å². The lowest BCUT2D eigenvalue weighted by molar-refractivity contribution is 1.57. The highest BCUT2D eigenvalue weighted by Gasteiger charge is 2.39. The van der Waals surface area contributed by atoms with E-state index >= 15 is 0 Å². The van der Waals surface area contributed by atoms with Crippen LogP contribution in [0, 0.1) is 0 Å². The van der Waals surface area contributed by atoms with Gasteiger partial charge in [-0.05, 0) is 111 Å². The Kier molecular flexibility index (Phi) is 4.81. The second-order valence-corrected chi connectivity index (χ2v) is 12.0. The highest BCUT2D eigenvalue weighted by Crippen LogP contribution is 2.61. The number of allylic oxidation sites excluding steroid dienone is 2. The predicted octanol–water partition coefficient (Wildman–Crippen LogP) is 11.5. The fraction of sp³-hybridized carbons (Fsp3) is 0. The van der Waals surface area contributed by atoms with E-state index in [0.717, 1.165) is 0 Å². The molecule has 8 aromatic rings. The van der Waals surface area contributed by atoms with E-state index in [1.807, 2.05) is 0 Å². The molecule has 8 aromatic carbocycles. The summed E-state index contributed by atoms with van der Waals surface area (Å²) in [5.41, 5.74) is 13.3. The zero-order valence-electron chi connectivity index (χ0n) is 24.0. The van der Waals surface area contributed by atoms with Crippen LogP contribution in [0.5, 0.6) is 0 Å². The molecule has 2 aliphatic rings. The van der Waals surface area contributed by atoms with Gasteiger partial charge in [-0.25, -0.2) is 0 Å². The second kappa shape index (κ2) is 8.89. The first-order valence-electron chi connectivity index (χ1n) is 15.4. The van der Waals surface area contributed by atoms with Gasteiger partial charge in [0.2, 0.25) is 0 Å². The van der Waals surface area contributed by atoms with E-state index < -0.39 is 0 Å². The Morgan fingerprint density at radius 2 is 0.773 bits per heavy atom. The van der Waals surface area contributed by atoms with Crippen LogP contribution in [0.1, 0.15) is 33.4 Å². The van der Waals surface area contributed by atoms with Crippen molar-refractivity contribution in [3.8, 4) is 0 Å². The van der Waals surface area contributed by atoms with E-state index in [2.05, 4.69) is 158 Å². The first kappa shape index (κ1) is 23.8. The molecule has 0 bridgehead atoms. The number of fused-ring (bicyclic) bond motifs is 11. The van der Waals surface area contributed by atoms with Crippen molar-refractivity contribution in [2.75, 3.05) is 0 Å². The van der Waals surface area contributed by atoms with E-state index in [-0.39, 0.29) is 0 Å². The van der Waals surface area contributed by atoms with E-state index in [0.29, 0.717) is 0 Å². The monoisotopic (exact) mass is 554 g/mol. The molecule has 0 heterocycles. The van der Waals surface area contributed by atoms with Crippen LogP contribution in [0.3, 0.4) is 0 Å². The van der Waals surface area contributed by atoms with Crippen molar-refractivity contribution in [1.29, 1.82) is 0 Å². The predicted molar refractivity (Wildman–Crippen MR) is 188 cm³/mol. The maximum atomic E-state index is 2.40. The summed E-state index contributed by atoms with van der Waals surface area (Å²) in [5.74, 6) is 0. The number of hydrogen-bond acceptors (Lipinski definition) is 0. The molecular weight excluding hydrogens is 528 g/mol. The summed E-state index contributed by atoms with van der Waals surface area (Å²) in [6.45, 7) is 0. The lowest BCUT2D eigenvalue weighted by atomic mass is 9.86. The van der Waals surface area contributed by atoms with Gasteiger partial charge in [0.15, 0.2) is 0 Å². The van der Waals surface area contributed by atoms with Crippen LogP contribution in [-0.2, 0) is 0 Å². The van der Waals surface area contributed by atoms with Crippen molar-refractivity contribution in [3.05, 3.63) is 191 Å². The van der Waals surface area contributed by atoms with Crippen molar-refractivity contribution >= 4 is 65.4 Å². The van der Waals surface area contributed by atoms with Gasteiger partial charge in [0.25, 0.3) is 0 Å². The molecular formula is C44H26. The molecule has 0 nitrogen and oxygen atoms in total. The van der Waals surface area contributed by atoms with Gasteiger partial charge in [0.1, 0.15) is 0 Å². The van der Waals surface area contributed by atoms with Gasteiger partial charge in [-0.15, -0.1) is 0 Å². The molecule has 0 amide bonds. The lowest BCUT2D eigenvalue weighted by Gasteiger charge is -2.17. The Balaban J connectivity index is 1.44. The molecule has 202 valence electrons. The van der Waals surface area contributed by atoms with Crippen LogP contribution in [0.4, 0.5) is 0 Å². The molecule has 0 atom stereocenters. The largest absolute Gasteiger partial charge is 0.0622 e. The minimum atomic E-state index is 1.26. The fourth-order valence-corrected chi connectivity index (χ4v) is 7.88. The van der Waals surface area contributed by atoms with Gasteiger partial charge >= 0.3 is 0 Å². The topological polar surface area (TPSA) is 0 Å². The number of hydrogen-bond donors (Lipinski definition) is 0. The Bertz CT molecular complexity index is 2580. The minimum Gasteiger partial charge on any atom is -0.0622 e. The van der Waals surface area contributed by atoms with Crippen LogP contribution in [0.15, 0.2) is 158 Å². The third-order valence-corrected chi connectivity index (χ3v) is 9.73. The SMILES string of the molecule is c1ccc(C2=C3C(=C(c4cccc5cc6ccccc6cc45)c4c3ccc3ccccc43)c3ccc4ccccc4c32)cc1. The van der Waals surface area contributed by atoms with Crippen molar-refractivity contribution in [2.45, 2.75) is 0 Å². The first-order chi connectivity index (χ1) is 21.8. The highest BCUT2D eigenvalue weighted by molar-refractivity contribution is 6.39. The molecule has 0 fully saturated rings. The van der Waals surface area contributed by atoms with Gasteiger partial charge in [0, 0.05) is 0 Å². The highest BCUT2D eigenvalue weighted by atomic mass is 14.4. The average Bonchev–Trinajstić information content (AvgIpc) is 3.61. The fourth-order valence-electron chi connectivity index (χ4n) is 7.88. The van der Waals surface area contributed by atoms with Crippen molar-refractivity contribution < 1.29 is 0 Å². The summed E-state index contributed by atoms with van der Waals surface area (Å²) in [4.78, 5) is 0. The molecule has 0 spiro atoms. The second-order valence-electron chi connectivity index (χ2n) is 12.0. The summed E-state index contributed by atoms with van der Waals surface area (Å²) in [7, 11) is 0. The van der Waals surface area contributed by atoms with Gasteiger partial charge < -0.3 is 0 Å². The maximum Gasteiger partial charge on any atom is -0.000696 e. The molecule has 0 heteroatoms. The molecule has 0 saturated heterocycles. The van der Waals surface area contributed by atoms with Gasteiger partial charge in [-0.2, -0.15) is 0 Å². The normalized spacial score (nSPS) is 13.7. The van der Waals surface area contributed by atoms with Crippen LogP contribution in [0.2, 0.25) is 0 Å². The third-order valence-electron chi connectivity index (χ3n) is 9.73. The van der Waals surface area contributed by atoms with Crippen LogP contribution < -0.4 is 0 Å².